The van der Waals surface area contributed by atoms with E-state index in [0.29, 0.717) is 41.5 Å². The number of anilines is 4. The molecule has 0 saturated heterocycles. The van der Waals surface area contributed by atoms with Crippen LogP contribution in [0.15, 0.2) is 18.3 Å². The van der Waals surface area contributed by atoms with E-state index in [-0.39, 0.29) is 29.7 Å². The number of ether oxygens (including phenoxy) is 1. The van der Waals surface area contributed by atoms with Crippen LogP contribution in [0, 0.1) is 0 Å². The number of aromatic carboxylic acids is 1. The van der Waals surface area contributed by atoms with Gasteiger partial charge in [-0.2, -0.15) is 4.98 Å². The first kappa shape index (κ1) is 24.3. The van der Waals surface area contributed by atoms with Gasteiger partial charge >= 0.3 is 5.97 Å². The number of nitrogens with one attached hydrogen (secondary N) is 1. The second-order valence-electron chi connectivity index (χ2n) is 10.6. The summed E-state index contributed by atoms with van der Waals surface area (Å²) in [4.78, 5) is 38.2. The Hall–Kier alpha value is -3.40. The standard InChI is InChI=1S/C26H34N6O4/c1-5-18-23(33)31(4)19-13-28-25(30-22(19)32(18)14-8-6-7-9-14)29-17-11-10-15(24(34)35)16-12-20(26(2,3)27)36-21(16)17/h10-11,13-14,18,20H,5-9,12,27H2,1-4H3,(H,34,35)(H,28,29,30)/t18-,20?/m1/s1. The van der Waals surface area contributed by atoms with E-state index in [1.807, 2.05) is 20.8 Å². The average Bonchev–Trinajstić information content (AvgIpc) is 3.51. The van der Waals surface area contributed by atoms with Gasteiger partial charge in [-0.25, -0.2) is 9.78 Å². The molecule has 192 valence electrons. The first-order chi connectivity index (χ1) is 17.1. The van der Waals surface area contributed by atoms with Crippen LogP contribution < -0.4 is 25.6 Å². The van der Waals surface area contributed by atoms with Gasteiger partial charge in [-0.1, -0.05) is 19.8 Å². The van der Waals surface area contributed by atoms with Crippen LogP contribution in [0.4, 0.5) is 23.1 Å². The molecule has 4 N–H and O–H groups in total. The smallest absolute Gasteiger partial charge is 0.336 e. The molecule has 1 amide bonds. The normalized spacial score (nSPS) is 21.9. The number of fused-ring (bicyclic) bond motifs is 2. The number of aromatic nitrogens is 2. The molecule has 0 radical (unpaired) electrons. The minimum Gasteiger partial charge on any atom is -0.486 e. The second kappa shape index (κ2) is 8.92. The van der Waals surface area contributed by atoms with Crippen LogP contribution >= 0.6 is 0 Å². The summed E-state index contributed by atoms with van der Waals surface area (Å²) in [5, 5.41) is 13.0. The highest BCUT2D eigenvalue weighted by Crippen LogP contribution is 2.43. The maximum absolute atomic E-state index is 13.1. The van der Waals surface area contributed by atoms with E-state index in [1.54, 1.807) is 30.3 Å². The van der Waals surface area contributed by atoms with Crippen LogP contribution in [-0.4, -0.2) is 57.7 Å². The van der Waals surface area contributed by atoms with Crippen LogP contribution in [0.1, 0.15) is 68.8 Å². The first-order valence-corrected chi connectivity index (χ1v) is 12.6. The third-order valence-electron chi connectivity index (χ3n) is 7.63. The zero-order chi connectivity index (χ0) is 25.8. The molecule has 2 aliphatic heterocycles. The Morgan fingerprint density at radius 3 is 2.67 bits per heavy atom. The molecule has 1 saturated carbocycles. The van der Waals surface area contributed by atoms with E-state index in [4.69, 9.17) is 15.5 Å². The summed E-state index contributed by atoms with van der Waals surface area (Å²) in [5.74, 6) is 0.624. The number of carbonyl (C=O) groups is 2. The summed E-state index contributed by atoms with van der Waals surface area (Å²) in [7, 11) is 1.77. The van der Waals surface area contributed by atoms with E-state index in [0.717, 1.165) is 31.5 Å². The molecule has 1 aromatic carbocycles. The van der Waals surface area contributed by atoms with Crippen molar-refractivity contribution in [3.05, 3.63) is 29.5 Å². The Labute approximate surface area is 210 Å². The van der Waals surface area contributed by atoms with Crippen molar-refractivity contribution < 1.29 is 19.4 Å². The highest BCUT2D eigenvalue weighted by atomic mass is 16.5. The highest BCUT2D eigenvalue weighted by Gasteiger charge is 2.41. The number of carboxylic acids is 1. The van der Waals surface area contributed by atoms with E-state index in [9.17, 15) is 14.7 Å². The summed E-state index contributed by atoms with van der Waals surface area (Å²) in [6.07, 6.45) is 6.77. The monoisotopic (exact) mass is 494 g/mol. The number of carbonyl (C=O) groups excluding carboxylic acids is 1. The van der Waals surface area contributed by atoms with Gasteiger partial charge in [0.25, 0.3) is 0 Å². The van der Waals surface area contributed by atoms with E-state index in [2.05, 4.69) is 15.2 Å². The van der Waals surface area contributed by atoms with E-state index >= 15 is 0 Å². The van der Waals surface area contributed by atoms with Crippen molar-refractivity contribution >= 4 is 35.0 Å². The van der Waals surface area contributed by atoms with E-state index in [1.165, 1.54) is 0 Å². The van der Waals surface area contributed by atoms with Crippen molar-refractivity contribution in [2.45, 2.75) is 83.0 Å². The number of nitrogens with two attached hydrogens (primary N) is 1. The number of benzene rings is 1. The van der Waals surface area contributed by atoms with Crippen LogP contribution in [0.25, 0.3) is 0 Å². The van der Waals surface area contributed by atoms with Gasteiger partial charge in [0.15, 0.2) is 5.82 Å². The van der Waals surface area contributed by atoms with Gasteiger partial charge < -0.3 is 30.7 Å². The molecular formula is C26H34N6O4. The summed E-state index contributed by atoms with van der Waals surface area (Å²) in [6.45, 7) is 5.76. The maximum atomic E-state index is 13.1. The van der Waals surface area contributed by atoms with Crippen molar-refractivity contribution in [3.63, 3.8) is 0 Å². The summed E-state index contributed by atoms with van der Waals surface area (Å²) in [6, 6.07) is 3.25. The molecule has 5 rings (SSSR count). The quantitative estimate of drug-likeness (QED) is 0.552. The molecule has 36 heavy (non-hydrogen) atoms. The predicted molar refractivity (Wildman–Crippen MR) is 137 cm³/mol. The minimum absolute atomic E-state index is 0.0622. The second-order valence-corrected chi connectivity index (χ2v) is 10.6. The molecule has 10 heteroatoms. The van der Waals surface area contributed by atoms with Crippen molar-refractivity contribution in [1.29, 1.82) is 0 Å². The number of nitrogens with zero attached hydrogens (tertiary/aromatic N) is 4. The lowest BCUT2D eigenvalue weighted by atomic mass is 9.93. The SMILES string of the molecule is CC[C@@H]1C(=O)N(C)c2cnc(Nc3ccc(C(=O)O)c4c3OC(C(C)(C)N)C4)nc2N1C1CCCC1. The largest absolute Gasteiger partial charge is 0.486 e. The number of carboxylic acid groups (broad SMARTS) is 1. The fourth-order valence-corrected chi connectivity index (χ4v) is 5.61. The third kappa shape index (κ3) is 4.03. The highest BCUT2D eigenvalue weighted by molar-refractivity contribution is 6.04. The van der Waals surface area contributed by atoms with Crippen LogP contribution in [0.3, 0.4) is 0 Å². The lowest BCUT2D eigenvalue weighted by molar-refractivity contribution is -0.120. The summed E-state index contributed by atoms with van der Waals surface area (Å²) < 4.78 is 6.18. The lowest BCUT2D eigenvalue weighted by Crippen LogP contribution is -2.55. The van der Waals surface area contributed by atoms with Gasteiger partial charge in [-0.3, -0.25) is 4.79 Å². The van der Waals surface area contributed by atoms with Crippen molar-refractivity contribution in [3.8, 4) is 5.75 Å². The molecule has 3 aliphatic rings. The molecule has 1 unspecified atom stereocenters. The molecule has 2 aromatic rings. The average molecular weight is 495 g/mol. The number of hydrogen-bond acceptors (Lipinski definition) is 8. The molecular weight excluding hydrogens is 460 g/mol. The third-order valence-corrected chi connectivity index (χ3v) is 7.63. The van der Waals surface area contributed by atoms with Gasteiger partial charge in [0, 0.05) is 30.6 Å². The Kier molecular flexibility index (Phi) is 6.02. The van der Waals surface area contributed by atoms with Crippen molar-refractivity contribution in [1.82, 2.24) is 9.97 Å². The van der Waals surface area contributed by atoms with Crippen LogP contribution in [0.5, 0.6) is 5.75 Å². The van der Waals surface area contributed by atoms with Gasteiger partial charge in [-0.15, -0.1) is 0 Å². The molecule has 1 aromatic heterocycles. The molecule has 0 spiro atoms. The summed E-state index contributed by atoms with van der Waals surface area (Å²) in [5.41, 5.74) is 7.73. The van der Waals surface area contributed by atoms with Gasteiger partial charge in [-0.05, 0) is 45.2 Å². The van der Waals surface area contributed by atoms with Gasteiger partial charge in [0.05, 0.1) is 17.4 Å². The maximum Gasteiger partial charge on any atom is 0.336 e. The molecule has 10 nitrogen and oxygen atoms in total. The number of rotatable bonds is 6. The topological polar surface area (TPSA) is 134 Å². The molecule has 0 bridgehead atoms. The van der Waals surface area contributed by atoms with Crippen LogP contribution in [-0.2, 0) is 11.2 Å². The van der Waals surface area contributed by atoms with Crippen molar-refractivity contribution in [2.75, 3.05) is 22.2 Å². The predicted octanol–water partition coefficient (Wildman–Crippen LogP) is 3.46. The molecule has 2 atom stereocenters. The summed E-state index contributed by atoms with van der Waals surface area (Å²) >= 11 is 0. The lowest BCUT2D eigenvalue weighted by Gasteiger charge is -2.43. The first-order valence-electron chi connectivity index (χ1n) is 12.6. The molecule has 1 aliphatic carbocycles. The fourth-order valence-electron chi connectivity index (χ4n) is 5.61. The Morgan fingerprint density at radius 2 is 2.03 bits per heavy atom. The van der Waals surface area contributed by atoms with Gasteiger partial charge in [0.2, 0.25) is 11.9 Å². The van der Waals surface area contributed by atoms with Gasteiger partial charge in [0.1, 0.15) is 23.6 Å². The molecule has 1 fully saturated rings. The fraction of sp³-hybridized carbons (Fsp3) is 0.538. The van der Waals surface area contributed by atoms with Crippen molar-refractivity contribution in [2.24, 2.45) is 5.73 Å². The van der Waals surface area contributed by atoms with E-state index < -0.39 is 11.5 Å². The number of likely N-dealkylation sites (N-methyl/N-ethyl adjacent to an activating group) is 1. The Bertz CT molecular complexity index is 1200. The zero-order valence-corrected chi connectivity index (χ0v) is 21.2. The van der Waals surface area contributed by atoms with Crippen LogP contribution in [0.2, 0.25) is 0 Å². The zero-order valence-electron chi connectivity index (χ0n) is 21.2. The molecule has 3 heterocycles. The Morgan fingerprint density at radius 1 is 1.31 bits per heavy atom. The number of amides is 1. The number of hydrogen-bond donors (Lipinski definition) is 3. The minimum atomic E-state index is -1.01. The Balaban J connectivity index is 1.53.